The van der Waals surface area contributed by atoms with Crippen LogP contribution in [0.15, 0.2) is 48.5 Å². The zero-order chi connectivity index (χ0) is 24.6. The summed E-state index contributed by atoms with van der Waals surface area (Å²) in [5, 5.41) is 8.31. The first-order chi connectivity index (χ1) is 17.0. The summed E-state index contributed by atoms with van der Waals surface area (Å²) < 4.78 is 11.2. The van der Waals surface area contributed by atoms with E-state index >= 15 is 0 Å². The van der Waals surface area contributed by atoms with Crippen LogP contribution in [0.4, 0.5) is 0 Å². The highest BCUT2D eigenvalue weighted by Crippen LogP contribution is 2.33. The fourth-order valence-corrected chi connectivity index (χ4v) is 4.31. The smallest absolute Gasteiger partial charge is 0.255 e. The lowest BCUT2D eigenvalue weighted by Crippen LogP contribution is -2.51. The summed E-state index contributed by atoms with van der Waals surface area (Å²) in [6, 6.07) is 12.6. The molecule has 1 fully saturated rings. The molecule has 2 aromatic rings. The number of aldehydes is 1. The van der Waals surface area contributed by atoms with Crippen LogP contribution in [0.2, 0.25) is 0 Å². The van der Waals surface area contributed by atoms with E-state index in [1.54, 1.807) is 18.2 Å². The van der Waals surface area contributed by atoms with Gasteiger partial charge in [0.1, 0.15) is 25.5 Å². The first kappa shape index (κ1) is 24.3. The molecule has 0 bridgehead atoms. The first-order valence-corrected chi connectivity index (χ1v) is 11.8. The number of rotatable bonds is 10. The SMILES string of the molecule is O=C[C@H](CC[C@@H]1CCNC1=O)NC(=O)[C@H](Cc1ccccc1)NC(=O)c1cccc2c1OCCO2. The zero-order valence-corrected chi connectivity index (χ0v) is 19.3. The second kappa shape index (κ2) is 11.5. The van der Waals surface area contributed by atoms with E-state index in [9.17, 15) is 19.2 Å². The summed E-state index contributed by atoms with van der Waals surface area (Å²) in [6.45, 7) is 1.35. The van der Waals surface area contributed by atoms with Gasteiger partial charge < -0.3 is 30.2 Å². The molecule has 3 amide bonds. The van der Waals surface area contributed by atoms with Crippen molar-refractivity contribution < 1.29 is 28.7 Å². The van der Waals surface area contributed by atoms with Crippen LogP contribution in [0, 0.1) is 5.92 Å². The summed E-state index contributed by atoms with van der Waals surface area (Å²) >= 11 is 0. The molecule has 9 nitrogen and oxygen atoms in total. The van der Waals surface area contributed by atoms with Crippen LogP contribution in [-0.4, -0.2) is 55.8 Å². The lowest BCUT2D eigenvalue weighted by atomic mass is 9.98. The van der Waals surface area contributed by atoms with Crippen LogP contribution in [0.25, 0.3) is 0 Å². The molecule has 0 aromatic heterocycles. The zero-order valence-electron chi connectivity index (χ0n) is 19.3. The number of fused-ring (bicyclic) bond motifs is 1. The van der Waals surface area contributed by atoms with Gasteiger partial charge in [-0.3, -0.25) is 14.4 Å². The third-order valence-corrected chi connectivity index (χ3v) is 6.20. The number of carbonyl (C=O) groups is 4. The Kier molecular flexibility index (Phi) is 7.97. The van der Waals surface area contributed by atoms with Gasteiger partial charge in [-0.25, -0.2) is 0 Å². The highest BCUT2D eigenvalue weighted by molar-refractivity contribution is 6.00. The normalized spacial score (nSPS) is 18.2. The number of amides is 3. The Morgan fingerprint density at radius 3 is 2.60 bits per heavy atom. The van der Waals surface area contributed by atoms with Gasteiger partial charge in [0.25, 0.3) is 5.91 Å². The average molecular weight is 480 g/mol. The molecule has 3 N–H and O–H groups in total. The number of ether oxygens (including phenoxy) is 2. The van der Waals surface area contributed by atoms with Crippen molar-refractivity contribution in [2.75, 3.05) is 19.8 Å². The fraction of sp³-hybridized carbons (Fsp3) is 0.385. The van der Waals surface area contributed by atoms with E-state index in [1.165, 1.54) is 0 Å². The molecule has 0 aliphatic carbocycles. The monoisotopic (exact) mass is 479 g/mol. The molecule has 2 aliphatic rings. The van der Waals surface area contributed by atoms with Crippen molar-refractivity contribution in [1.29, 1.82) is 0 Å². The molecule has 4 rings (SSSR count). The minimum absolute atomic E-state index is 0.0208. The molecule has 1 saturated heterocycles. The van der Waals surface area contributed by atoms with Crippen molar-refractivity contribution in [2.45, 2.75) is 37.8 Å². The van der Waals surface area contributed by atoms with E-state index in [-0.39, 0.29) is 23.8 Å². The van der Waals surface area contributed by atoms with Gasteiger partial charge in [-0.1, -0.05) is 36.4 Å². The standard InChI is InChI=1S/C26H29N3O6/c30-16-19(10-9-18-11-12-27-24(18)31)28-26(33)21(15-17-5-2-1-3-6-17)29-25(32)20-7-4-8-22-23(20)35-14-13-34-22/h1-8,16,18-19,21H,9-15H2,(H,27,31)(H,28,33)(H,29,32)/t18-,19+,21+/m1/s1. The van der Waals surface area contributed by atoms with Crippen molar-refractivity contribution >= 4 is 24.0 Å². The van der Waals surface area contributed by atoms with Gasteiger partial charge in [-0.15, -0.1) is 0 Å². The van der Waals surface area contributed by atoms with Gasteiger partial charge in [-0.05, 0) is 37.0 Å². The van der Waals surface area contributed by atoms with E-state index in [0.29, 0.717) is 50.4 Å². The average Bonchev–Trinajstić information content (AvgIpc) is 3.30. The van der Waals surface area contributed by atoms with Crippen molar-refractivity contribution in [2.24, 2.45) is 5.92 Å². The summed E-state index contributed by atoms with van der Waals surface area (Å²) in [7, 11) is 0. The van der Waals surface area contributed by atoms with Gasteiger partial charge in [0.15, 0.2) is 11.5 Å². The quantitative estimate of drug-likeness (QED) is 0.443. The number of carbonyl (C=O) groups excluding carboxylic acids is 4. The van der Waals surface area contributed by atoms with E-state index in [0.717, 1.165) is 12.0 Å². The molecule has 0 radical (unpaired) electrons. The number of hydrogen-bond acceptors (Lipinski definition) is 6. The molecule has 0 saturated carbocycles. The van der Waals surface area contributed by atoms with E-state index in [2.05, 4.69) is 16.0 Å². The third-order valence-electron chi connectivity index (χ3n) is 6.20. The largest absolute Gasteiger partial charge is 0.486 e. The van der Waals surface area contributed by atoms with E-state index in [4.69, 9.17) is 9.47 Å². The molecule has 2 aromatic carbocycles. The molecule has 0 unspecified atom stereocenters. The van der Waals surface area contributed by atoms with Gasteiger partial charge in [0.2, 0.25) is 11.8 Å². The van der Waals surface area contributed by atoms with Gasteiger partial charge >= 0.3 is 0 Å². The molecular weight excluding hydrogens is 450 g/mol. The number of para-hydroxylation sites is 1. The Morgan fingerprint density at radius 1 is 1.06 bits per heavy atom. The molecule has 9 heteroatoms. The highest BCUT2D eigenvalue weighted by atomic mass is 16.6. The van der Waals surface area contributed by atoms with Crippen molar-refractivity contribution in [1.82, 2.24) is 16.0 Å². The number of benzene rings is 2. The lowest BCUT2D eigenvalue weighted by Gasteiger charge is -2.23. The Hall–Kier alpha value is -3.88. The van der Waals surface area contributed by atoms with Gasteiger partial charge in [-0.2, -0.15) is 0 Å². The summed E-state index contributed by atoms with van der Waals surface area (Å²) in [5.74, 6) is -0.306. The van der Waals surface area contributed by atoms with Crippen LogP contribution in [0.5, 0.6) is 11.5 Å². The van der Waals surface area contributed by atoms with Crippen LogP contribution in [0.1, 0.15) is 35.2 Å². The Balaban J connectivity index is 1.46. The lowest BCUT2D eigenvalue weighted by molar-refractivity contribution is -0.125. The minimum atomic E-state index is -0.928. The number of hydrogen-bond donors (Lipinski definition) is 3. The van der Waals surface area contributed by atoms with Crippen molar-refractivity contribution in [3.05, 3.63) is 59.7 Å². The van der Waals surface area contributed by atoms with Crippen molar-refractivity contribution in [3.63, 3.8) is 0 Å². The highest BCUT2D eigenvalue weighted by Gasteiger charge is 2.29. The first-order valence-electron chi connectivity index (χ1n) is 11.8. The fourth-order valence-electron chi connectivity index (χ4n) is 4.31. The molecule has 184 valence electrons. The molecule has 2 aliphatic heterocycles. The molecule has 3 atom stereocenters. The maximum Gasteiger partial charge on any atom is 0.255 e. The predicted octanol–water partition coefficient (Wildman–Crippen LogP) is 1.40. The summed E-state index contributed by atoms with van der Waals surface area (Å²) in [4.78, 5) is 49.9. The topological polar surface area (TPSA) is 123 Å². The van der Waals surface area contributed by atoms with Gasteiger partial charge in [0, 0.05) is 18.9 Å². The van der Waals surface area contributed by atoms with E-state index in [1.807, 2.05) is 30.3 Å². The van der Waals surface area contributed by atoms with Crippen LogP contribution >= 0.6 is 0 Å². The van der Waals surface area contributed by atoms with Crippen molar-refractivity contribution in [3.8, 4) is 11.5 Å². The molecular formula is C26H29N3O6. The maximum atomic E-state index is 13.2. The maximum absolute atomic E-state index is 13.2. The van der Waals surface area contributed by atoms with Crippen LogP contribution < -0.4 is 25.4 Å². The Labute approximate surface area is 203 Å². The second-order valence-corrected chi connectivity index (χ2v) is 8.65. The molecule has 2 heterocycles. The summed E-state index contributed by atoms with van der Waals surface area (Å²) in [6.07, 6.45) is 2.47. The van der Waals surface area contributed by atoms with Gasteiger partial charge in [0.05, 0.1) is 11.6 Å². The Morgan fingerprint density at radius 2 is 1.86 bits per heavy atom. The third kappa shape index (κ3) is 6.17. The molecule has 0 spiro atoms. The number of nitrogens with one attached hydrogen (secondary N) is 3. The van der Waals surface area contributed by atoms with E-state index < -0.39 is 23.9 Å². The predicted molar refractivity (Wildman–Crippen MR) is 127 cm³/mol. The van der Waals surface area contributed by atoms with Crippen LogP contribution in [0.3, 0.4) is 0 Å². The second-order valence-electron chi connectivity index (χ2n) is 8.65. The van der Waals surface area contributed by atoms with Crippen LogP contribution in [-0.2, 0) is 20.8 Å². The Bertz CT molecular complexity index is 1070. The summed E-state index contributed by atoms with van der Waals surface area (Å²) in [5.41, 5.74) is 1.13. The minimum Gasteiger partial charge on any atom is -0.486 e. The molecule has 35 heavy (non-hydrogen) atoms.